The molecule has 2 fully saturated rings. The molecule has 1 saturated carbocycles. The summed E-state index contributed by atoms with van der Waals surface area (Å²) in [6, 6.07) is 0. The molecule has 170 valence electrons. The summed E-state index contributed by atoms with van der Waals surface area (Å²) in [6.07, 6.45) is 8.97. The number of cyclic esters (lactones) is 1. The largest absolute Gasteiger partial charge is 0.462 e. The van der Waals surface area contributed by atoms with Gasteiger partial charge in [-0.15, -0.1) is 0 Å². The van der Waals surface area contributed by atoms with Gasteiger partial charge < -0.3 is 14.9 Å². The maximum Gasteiger partial charge on any atom is 0.310 e. The maximum absolute atomic E-state index is 13.0. The number of esters is 1. The molecule has 29 heavy (non-hydrogen) atoms. The van der Waals surface area contributed by atoms with E-state index in [1.165, 1.54) is 38.5 Å². The molecule has 2 aliphatic rings. The van der Waals surface area contributed by atoms with Gasteiger partial charge in [0.25, 0.3) is 0 Å². The Hall–Kier alpha value is -0.660. The Morgan fingerprint density at radius 2 is 1.48 bits per heavy atom. The predicted molar refractivity (Wildman–Crippen MR) is 113 cm³/mol. The van der Waals surface area contributed by atoms with Crippen LogP contribution in [-0.2, 0) is 19.4 Å². The van der Waals surface area contributed by atoms with Crippen molar-refractivity contribution in [3.63, 3.8) is 0 Å². The maximum atomic E-state index is 13.0. The number of hydrogen-bond donors (Lipinski definition) is 2. The molecule has 6 nitrogen and oxygen atoms in total. The van der Waals surface area contributed by atoms with E-state index < -0.39 is 45.1 Å². The van der Waals surface area contributed by atoms with Crippen LogP contribution in [0.15, 0.2) is 0 Å². The lowest BCUT2D eigenvalue weighted by Crippen LogP contribution is -2.58. The molecule has 0 unspecified atom stereocenters. The Labute approximate surface area is 176 Å². The van der Waals surface area contributed by atoms with E-state index in [0.29, 0.717) is 12.8 Å². The third-order valence-electron chi connectivity index (χ3n) is 6.61. The molecule has 0 bridgehead atoms. The van der Waals surface area contributed by atoms with Crippen molar-refractivity contribution in [2.24, 2.45) is 11.8 Å². The van der Waals surface area contributed by atoms with E-state index in [0.717, 1.165) is 19.3 Å². The molecule has 1 aliphatic heterocycles. The van der Waals surface area contributed by atoms with Crippen LogP contribution < -0.4 is 0 Å². The van der Waals surface area contributed by atoms with Gasteiger partial charge in [-0.1, -0.05) is 64.7 Å². The van der Waals surface area contributed by atoms with Crippen LogP contribution in [0.3, 0.4) is 0 Å². The SMILES string of the molecule is CCCCCCCCCCCCS(=O)(=O)[C@@H]1C[C@@H](O)[C@H](O)[C@H]2C[C@@H](C)OC(=O)[C@H]21. The van der Waals surface area contributed by atoms with E-state index in [-0.39, 0.29) is 18.3 Å². The fourth-order valence-corrected chi connectivity index (χ4v) is 7.09. The molecular formula is C22H40O6S. The smallest absolute Gasteiger partial charge is 0.310 e. The molecule has 2 rings (SSSR count). The van der Waals surface area contributed by atoms with Crippen molar-refractivity contribution >= 4 is 15.8 Å². The van der Waals surface area contributed by atoms with E-state index in [1.54, 1.807) is 6.92 Å². The summed E-state index contributed by atoms with van der Waals surface area (Å²) < 4.78 is 31.2. The van der Waals surface area contributed by atoms with Gasteiger partial charge in [0.2, 0.25) is 0 Å². The number of sulfone groups is 1. The fraction of sp³-hybridized carbons (Fsp3) is 0.955. The van der Waals surface area contributed by atoms with Crippen LogP contribution in [0.25, 0.3) is 0 Å². The first-order chi connectivity index (χ1) is 13.8. The average molecular weight is 433 g/mol. The van der Waals surface area contributed by atoms with Crippen molar-refractivity contribution < 1.29 is 28.2 Å². The highest BCUT2D eigenvalue weighted by Crippen LogP contribution is 2.42. The fourth-order valence-electron chi connectivity index (χ4n) is 4.93. The second-order valence-corrected chi connectivity index (χ2v) is 11.4. The highest BCUT2D eigenvalue weighted by Gasteiger charge is 2.54. The van der Waals surface area contributed by atoms with Crippen molar-refractivity contribution in [1.82, 2.24) is 0 Å². The van der Waals surface area contributed by atoms with Crippen LogP contribution in [0.5, 0.6) is 0 Å². The Kier molecular flexibility index (Phi) is 9.89. The molecule has 0 amide bonds. The number of fused-ring (bicyclic) bond motifs is 1. The third kappa shape index (κ3) is 6.93. The van der Waals surface area contributed by atoms with E-state index in [2.05, 4.69) is 6.92 Å². The second kappa shape index (κ2) is 11.7. The van der Waals surface area contributed by atoms with Crippen molar-refractivity contribution in [3.05, 3.63) is 0 Å². The summed E-state index contributed by atoms with van der Waals surface area (Å²) in [5, 5.41) is 19.6. The number of rotatable bonds is 12. The second-order valence-electron chi connectivity index (χ2n) is 9.05. The molecule has 1 saturated heterocycles. The Morgan fingerprint density at radius 1 is 0.931 bits per heavy atom. The van der Waals surface area contributed by atoms with Crippen molar-refractivity contribution in [1.29, 1.82) is 0 Å². The number of aliphatic hydroxyl groups excluding tert-OH is 2. The van der Waals surface area contributed by atoms with E-state index in [9.17, 15) is 23.4 Å². The molecule has 1 heterocycles. The van der Waals surface area contributed by atoms with E-state index in [4.69, 9.17) is 4.74 Å². The molecule has 0 aromatic heterocycles. The van der Waals surface area contributed by atoms with Gasteiger partial charge in [0, 0.05) is 5.92 Å². The monoisotopic (exact) mass is 432 g/mol. The number of unbranched alkanes of at least 4 members (excludes halogenated alkanes) is 9. The van der Waals surface area contributed by atoms with Gasteiger partial charge in [-0.3, -0.25) is 4.79 Å². The average Bonchev–Trinajstić information content (AvgIpc) is 2.66. The zero-order chi connectivity index (χ0) is 21.4. The van der Waals surface area contributed by atoms with Crippen molar-refractivity contribution in [2.75, 3.05) is 5.75 Å². The third-order valence-corrected chi connectivity index (χ3v) is 8.87. The lowest BCUT2D eigenvalue weighted by atomic mass is 9.71. The minimum atomic E-state index is -3.54. The lowest BCUT2D eigenvalue weighted by molar-refractivity contribution is -0.177. The highest BCUT2D eigenvalue weighted by molar-refractivity contribution is 7.92. The van der Waals surface area contributed by atoms with Crippen LogP contribution in [0, 0.1) is 11.8 Å². The van der Waals surface area contributed by atoms with Crippen LogP contribution >= 0.6 is 0 Å². The number of hydrogen-bond acceptors (Lipinski definition) is 6. The van der Waals surface area contributed by atoms with Crippen molar-refractivity contribution in [2.45, 2.75) is 114 Å². The summed E-state index contributed by atoms with van der Waals surface area (Å²) in [7, 11) is -3.54. The molecule has 1 aliphatic carbocycles. The first-order valence-corrected chi connectivity index (χ1v) is 13.3. The minimum absolute atomic E-state index is 0.0308. The predicted octanol–water partition coefficient (Wildman–Crippen LogP) is 3.38. The van der Waals surface area contributed by atoms with Gasteiger partial charge in [-0.05, 0) is 26.2 Å². The number of aliphatic hydroxyl groups is 2. The standard InChI is InChI=1S/C22H40O6S/c1-3-4-5-6-7-8-9-10-11-12-13-29(26,27)19-15-18(23)21(24)17-14-16(2)28-22(25)20(17)19/h16-21,23-24H,3-15H2,1-2H3/t16-,17+,18-,19-,20-,21-/m1/s1. The van der Waals surface area contributed by atoms with Crippen LogP contribution in [-0.4, -0.2) is 53.9 Å². The molecule has 0 spiro atoms. The zero-order valence-electron chi connectivity index (χ0n) is 18.1. The first-order valence-electron chi connectivity index (χ1n) is 11.6. The first kappa shape index (κ1) is 24.6. The summed E-state index contributed by atoms with van der Waals surface area (Å²) >= 11 is 0. The molecule has 2 N–H and O–H groups in total. The summed E-state index contributed by atoms with van der Waals surface area (Å²) in [6.45, 7) is 3.94. The van der Waals surface area contributed by atoms with Crippen LogP contribution in [0.2, 0.25) is 0 Å². The molecule has 0 aromatic rings. The van der Waals surface area contributed by atoms with Gasteiger partial charge >= 0.3 is 5.97 Å². The van der Waals surface area contributed by atoms with Gasteiger partial charge in [-0.2, -0.15) is 0 Å². The Bertz CT molecular complexity index is 604. The highest BCUT2D eigenvalue weighted by atomic mass is 32.2. The minimum Gasteiger partial charge on any atom is -0.462 e. The van der Waals surface area contributed by atoms with Crippen molar-refractivity contribution in [3.8, 4) is 0 Å². The number of ether oxygens (including phenoxy) is 1. The van der Waals surface area contributed by atoms with Gasteiger partial charge in [0.1, 0.15) is 0 Å². The van der Waals surface area contributed by atoms with Gasteiger partial charge in [-0.25, -0.2) is 8.42 Å². The number of carbonyl (C=O) groups excluding carboxylic acids is 1. The number of carbonyl (C=O) groups is 1. The normalized spacial score (nSPS) is 32.6. The Balaban J connectivity index is 1.79. The zero-order valence-corrected chi connectivity index (χ0v) is 18.9. The van der Waals surface area contributed by atoms with Crippen LogP contribution in [0.1, 0.15) is 90.9 Å². The Morgan fingerprint density at radius 3 is 2.07 bits per heavy atom. The van der Waals surface area contributed by atoms with Gasteiger partial charge in [0.05, 0.1) is 35.2 Å². The van der Waals surface area contributed by atoms with E-state index >= 15 is 0 Å². The summed E-state index contributed by atoms with van der Waals surface area (Å²) in [5.74, 6) is -1.93. The quantitative estimate of drug-likeness (QED) is 0.362. The molecule has 0 radical (unpaired) electrons. The van der Waals surface area contributed by atoms with E-state index in [1.807, 2.05) is 0 Å². The summed E-state index contributed by atoms with van der Waals surface area (Å²) in [5.41, 5.74) is 0. The molecule has 0 aromatic carbocycles. The van der Waals surface area contributed by atoms with Crippen LogP contribution in [0.4, 0.5) is 0 Å². The lowest BCUT2D eigenvalue weighted by Gasteiger charge is -2.45. The molecule has 7 heteroatoms. The summed E-state index contributed by atoms with van der Waals surface area (Å²) in [4.78, 5) is 12.4. The van der Waals surface area contributed by atoms with Gasteiger partial charge in [0.15, 0.2) is 9.84 Å². The topological polar surface area (TPSA) is 101 Å². The molecule has 6 atom stereocenters. The molecular weight excluding hydrogens is 392 g/mol.